The number of rotatable bonds is 4. The summed E-state index contributed by atoms with van der Waals surface area (Å²) in [5.41, 5.74) is 10.0. The summed E-state index contributed by atoms with van der Waals surface area (Å²) in [6.45, 7) is 0. The fourth-order valence-electron chi connectivity index (χ4n) is 8.26. The summed E-state index contributed by atoms with van der Waals surface area (Å²) in [6.07, 6.45) is 0. The number of hydrogen-bond acceptors (Lipinski definition) is 0. The standard InChI is InChI=1S/C50H32/c1-3-16-34(17-4-1)47-39-21-9-10-22-40(39)48(35-18-5-2-6-19-35)46-32-38(29-30-45(46)47)50-43-25-13-11-23-41(43)49(42-24-12-14-26-44(42)50)37-28-27-33-15-7-8-20-36(33)31-37/h1-32H. The fourth-order valence-corrected chi connectivity index (χ4v) is 8.26. The molecule has 0 N–H and O–H groups in total. The molecule has 0 spiro atoms. The predicted octanol–water partition coefficient (Wildman–Crippen LogP) is 14.1. The van der Waals surface area contributed by atoms with Crippen molar-refractivity contribution in [3.63, 3.8) is 0 Å². The van der Waals surface area contributed by atoms with Crippen LogP contribution in [0.4, 0.5) is 0 Å². The molecule has 0 atom stereocenters. The minimum atomic E-state index is 1.22. The minimum Gasteiger partial charge on any atom is -0.0622 e. The Hall–Kier alpha value is -6.50. The van der Waals surface area contributed by atoms with E-state index in [4.69, 9.17) is 0 Å². The van der Waals surface area contributed by atoms with E-state index in [1.807, 2.05) is 0 Å². The van der Waals surface area contributed by atoms with Gasteiger partial charge >= 0.3 is 0 Å². The Labute approximate surface area is 291 Å². The molecular weight excluding hydrogens is 601 g/mol. The smallest absolute Gasteiger partial charge is 0.00261 e. The topological polar surface area (TPSA) is 0 Å². The maximum Gasteiger partial charge on any atom is -0.00261 e. The van der Waals surface area contributed by atoms with E-state index in [-0.39, 0.29) is 0 Å². The molecule has 50 heavy (non-hydrogen) atoms. The van der Waals surface area contributed by atoms with Crippen LogP contribution in [0.5, 0.6) is 0 Å². The van der Waals surface area contributed by atoms with E-state index in [0.29, 0.717) is 0 Å². The first-order chi connectivity index (χ1) is 24.8. The second-order valence-electron chi connectivity index (χ2n) is 13.2. The van der Waals surface area contributed by atoms with Crippen molar-refractivity contribution in [3.05, 3.63) is 194 Å². The van der Waals surface area contributed by atoms with E-state index < -0.39 is 0 Å². The van der Waals surface area contributed by atoms with Crippen molar-refractivity contribution < 1.29 is 0 Å². The van der Waals surface area contributed by atoms with Crippen molar-refractivity contribution in [3.8, 4) is 44.5 Å². The van der Waals surface area contributed by atoms with E-state index in [1.165, 1.54) is 98.4 Å². The Kier molecular flexibility index (Phi) is 6.60. The molecule has 0 saturated heterocycles. The number of fused-ring (bicyclic) bond motifs is 5. The highest BCUT2D eigenvalue weighted by atomic mass is 14.2. The largest absolute Gasteiger partial charge is 0.0622 e. The molecule has 232 valence electrons. The van der Waals surface area contributed by atoms with Crippen LogP contribution in [0.15, 0.2) is 194 Å². The van der Waals surface area contributed by atoms with E-state index >= 15 is 0 Å². The zero-order valence-electron chi connectivity index (χ0n) is 27.5. The molecule has 0 unspecified atom stereocenters. The Bertz CT molecular complexity index is 2840. The monoisotopic (exact) mass is 632 g/mol. The van der Waals surface area contributed by atoms with Crippen LogP contribution >= 0.6 is 0 Å². The molecule has 0 fully saturated rings. The molecule has 0 bridgehead atoms. The Morgan fingerprint density at radius 1 is 0.180 bits per heavy atom. The fraction of sp³-hybridized carbons (Fsp3) is 0. The molecule has 0 aliphatic heterocycles. The summed E-state index contributed by atoms with van der Waals surface area (Å²) in [6, 6.07) is 71.3. The summed E-state index contributed by atoms with van der Waals surface area (Å²) in [5.74, 6) is 0. The lowest BCUT2D eigenvalue weighted by atomic mass is 9.82. The van der Waals surface area contributed by atoms with Gasteiger partial charge in [-0.05, 0) is 111 Å². The van der Waals surface area contributed by atoms with Gasteiger partial charge < -0.3 is 0 Å². The van der Waals surface area contributed by atoms with Crippen molar-refractivity contribution in [2.45, 2.75) is 0 Å². The van der Waals surface area contributed by atoms with Crippen LogP contribution < -0.4 is 0 Å². The second kappa shape index (κ2) is 11.6. The van der Waals surface area contributed by atoms with Crippen LogP contribution in [0, 0.1) is 0 Å². The van der Waals surface area contributed by atoms with Crippen LogP contribution in [0.3, 0.4) is 0 Å². The molecule has 0 radical (unpaired) electrons. The average Bonchev–Trinajstić information content (AvgIpc) is 3.19. The lowest BCUT2D eigenvalue weighted by Gasteiger charge is -2.21. The molecule has 0 heterocycles. The van der Waals surface area contributed by atoms with Gasteiger partial charge in [0.15, 0.2) is 0 Å². The van der Waals surface area contributed by atoms with Crippen molar-refractivity contribution in [2.24, 2.45) is 0 Å². The molecule has 0 aromatic heterocycles. The normalized spacial score (nSPS) is 11.6. The van der Waals surface area contributed by atoms with Gasteiger partial charge in [0.1, 0.15) is 0 Å². The summed E-state index contributed by atoms with van der Waals surface area (Å²) in [7, 11) is 0. The van der Waals surface area contributed by atoms with Gasteiger partial charge in [0.05, 0.1) is 0 Å². The third-order valence-electron chi connectivity index (χ3n) is 10.4. The first-order valence-corrected chi connectivity index (χ1v) is 17.4. The lowest BCUT2D eigenvalue weighted by molar-refractivity contribution is 1.64. The minimum absolute atomic E-state index is 1.22. The Balaban J connectivity index is 1.33. The number of hydrogen-bond donors (Lipinski definition) is 0. The molecular formula is C50H32. The highest BCUT2D eigenvalue weighted by molar-refractivity contribution is 6.25. The van der Waals surface area contributed by atoms with Crippen molar-refractivity contribution in [1.82, 2.24) is 0 Å². The van der Waals surface area contributed by atoms with Crippen LogP contribution in [0.1, 0.15) is 0 Å². The molecule has 10 aromatic rings. The lowest BCUT2D eigenvalue weighted by Crippen LogP contribution is -1.93. The molecule has 10 rings (SSSR count). The van der Waals surface area contributed by atoms with E-state index in [0.717, 1.165) is 0 Å². The summed E-state index contributed by atoms with van der Waals surface area (Å²) >= 11 is 0. The van der Waals surface area contributed by atoms with E-state index in [9.17, 15) is 0 Å². The zero-order chi connectivity index (χ0) is 33.0. The molecule has 0 heteroatoms. The molecule has 0 aliphatic rings. The maximum atomic E-state index is 2.46. The molecule has 0 nitrogen and oxygen atoms in total. The van der Waals surface area contributed by atoms with Crippen molar-refractivity contribution >= 4 is 53.9 Å². The van der Waals surface area contributed by atoms with Crippen LogP contribution in [0.2, 0.25) is 0 Å². The quantitative estimate of drug-likeness (QED) is 0.169. The van der Waals surface area contributed by atoms with E-state index in [2.05, 4.69) is 194 Å². The van der Waals surface area contributed by atoms with Crippen molar-refractivity contribution in [2.75, 3.05) is 0 Å². The third-order valence-corrected chi connectivity index (χ3v) is 10.4. The average molecular weight is 633 g/mol. The van der Waals surface area contributed by atoms with Gasteiger partial charge in [0.2, 0.25) is 0 Å². The maximum absolute atomic E-state index is 2.46. The summed E-state index contributed by atoms with van der Waals surface area (Å²) < 4.78 is 0. The third kappa shape index (κ3) is 4.46. The summed E-state index contributed by atoms with van der Waals surface area (Å²) in [4.78, 5) is 0. The van der Waals surface area contributed by atoms with Crippen LogP contribution in [-0.4, -0.2) is 0 Å². The van der Waals surface area contributed by atoms with Gasteiger partial charge in [-0.1, -0.05) is 182 Å². The highest BCUT2D eigenvalue weighted by Gasteiger charge is 2.20. The van der Waals surface area contributed by atoms with Gasteiger partial charge in [-0.15, -0.1) is 0 Å². The van der Waals surface area contributed by atoms with Gasteiger partial charge in [-0.3, -0.25) is 0 Å². The molecule has 0 amide bonds. The highest BCUT2D eigenvalue weighted by Crippen LogP contribution is 2.48. The van der Waals surface area contributed by atoms with Gasteiger partial charge in [0.25, 0.3) is 0 Å². The molecule has 10 aromatic carbocycles. The first-order valence-electron chi connectivity index (χ1n) is 17.4. The van der Waals surface area contributed by atoms with Gasteiger partial charge in [-0.2, -0.15) is 0 Å². The molecule has 0 saturated carbocycles. The number of benzene rings is 10. The summed E-state index contributed by atoms with van der Waals surface area (Å²) in [5, 5.41) is 12.6. The zero-order valence-corrected chi connectivity index (χ0v) is 27.5. The molecule has 0 aliphatic carbocycles. The van der Waals surface area contributed by atoms with Crippen LogP contribution in [-0.2, 0) is 0 Å². The Morgan fingerprint density at radius 3 is 1.02 bits per heavy atom. The predicted molar refractivity (Wildman–Crippen MR) is 216 cm³/mol. The van der Waals surface area contributed by atoms with Crippen molar-refractivity contribution in [1.29, 1.82) is 0 Å². The van der Waals surface area contributed by atoms with Gasteiger partial charge in [-0.25, -0.2) is 0 Å². The van der Waals surface area contributed by atoms with Crippen LogP contribution in [0.25, 0.3) is 98.4 Å². The van der Waals surface area contributed by atoms with Gasteiger partial charge in [0, 0.05) is 0 Å². The second-order valence-corrected chi connectivity index (χ2v) is 13.2. The van der Waals surface area contributed by atoms with E-state index in [1.54, 1.807) is 0 Å². The first kappa shape index (κ1) is 28.5. The Morgan fingerprint density at radius 2 is 0.520 bits per heavy atom. The SMILES string of the molecule is c1ccc(-c2c3ccccc3c(-c3ccccc3)c3cc(-c4c5ccccc5c(-c5ccc6ccccc6c5)c5ccccc45)ccc23)cc1.